The van der Waals surface area contributed by atoms with Crippen molar-refractivity contribution >= 4 is 5.78 Å². The van der Waals surface area contributed by atoms with Crippen LogP contribution in [-0.2, 0) is 0 Å². The van der Waals surface area contributed by atoms with Crippen molar-refractivity contribution in [1.82, 2.24) is 0 Å². The summed E-state index contributed by atoms with van der Waals surface area (Å²) in [4.78, 5) is 12.0. The van der Waals surface area contributed by atoms with Crippen molar-refractivity contribution in [3.05, 3.63) is 54.1 Å². The summed E-state index contributed by atoms with van der Waals surface area (Å²) in [7, 11) is 3.12. The quantitative estimate of drug-likeness (QED) is 0.758. The van der Waals surface area contributed by atoms with Gasteiger partial charge in [-0.25, -0.2) is 0 Å². The predicted octanol–water partition coefficient (Wildman–Crippen LogP) is 2.97. The molecule has 0 saturated heterocycles. The zero-order valence-corrected chi connectivity index (χ0v) is 11.5. The Bertz CT molecular complexity index is 578. The molecule has 0 fully saturated rings. The molecule has 0 aromatic heterocycles. The van der Waals surface area contributed by atoms with Crippen molar-refractivity contribution in [2.24, 2.45) is 0 Å². The normalized spacial score (nSPS) is 9.90. The Morgan fingerprint density at radius 1 is 0.950 bits per heavy atom. The third kappa shape index (κ3) is 3.29. The lowest BCUT2D eigenvalue weighted by Gasteiger charge is -2.11. The van der Waals surface area contributed by atoms with Crippen LogP contribution in [0.2, 0.25) is 0 Å². The predicted molar refractivity (Wildman–Crippen MR) is 75.8 cm³/mol. The first kappa shape index (κ1) is 13.9. The van der Waals surface area contributed by atoms with Gasteiger partial charge in [0, 0.05) is 11.6 Å². The minimum atomic E-state index is -0.0801. The molecule has 0 heterocycles. The molecule has 0 aliphatic carbocycles. The zero-order chi connectivity index (χ0) is 14.4. The highest BCUT2D eigenvalue weighted by molar-refractivity contribution is 5.97. The van der Waals surface area contributed by atoms with E-state index in [1.807, 2.05) is 18.2 Å². The monoisotopic (exact) mass is 272 g/mol. The number of Topliss-reactive ketones (excluding diaryl/α,β-unsaturated/α-hetero) is 1. The van der Waals surface area contributed by atoms with Gasteiger partial charge in [0.1, 0.15) is 5.75 Å². The van der Waals surface area contributed by atoms with E-state index in [-0.39, 0.29) is 12.4 Å². The average molecular weight is 272 g/mol. The maximum Gasteiger partial charge on any atom is 0.200 e. The summed E-state index contributed by atoms with van der Waals surface area (Å²) >= 11 is 0. The second kappa shape index (κ2) is 6.61. The second-order valence-electron chi connectivity index (χ2n) is 4.09. The van der Waals surface area contributed by atoms with Crippen LogP contribution in [0, 0.1) is 0 Å². The summed E-state index contributed by atoms with van der Waals surface area (Å²) in [5.41, 5.74) is 0.625. The summed E-state index contributed by atoms with van der Waals surface area (Å²) in [6.07, 6.45) is 0. The maximum absolute atomic E-state index is 12.0. The van der Waals surface area contributed by atoms with Crippen molar-refractivity contribution in [2.75, 3.05) is 20.8 Å². The molecule has 2 rings (SSSR count). The highest BCUT2D eigenvalue weighted by atomic mass is 16.5. The van der Waals surface area contributed by atoms with Crippen molar-refractivity contribution < 1.29 is 19.0 Å². The van der Waals surface area contributed by atoms with Crippen LogP contribution in [-0.4, -0.2) is 26.6 Å². The van der Waals surface area contributed by atoms with E-state index in [1.54, 1.807) is 44.6 Å². The number of benzene rings is 2. The van der Waals surface area contributed by atoms with Crippen LogP contribution in [0.5, 0.6) is 17.2 Å². The molecule has 2 aromatic carbocycles. The number of hydrogen-bond donors (Lipinski definition) is 0. The Morgan fingerprint density at radius 2 is 1.70 bits per heavy atom. The molecule has 0 unspecified atom stereocenters. The van der Waals surface area contributed by atoms with E-state index in [0.717, 1.165) is 0 Å². The van der Waals surface area contributed by atoms with E-state index < -0.39 is 0 Å². The first-order valence-electron chi connectivity index (χ1n) is 6.17. The van der Waals surface area contributed by atoms with Crippen LogP contribution in [0.4, 0.5) is 0 Å². The van der Waals surface area contributed by atoms with Gasteiger partial charge in [-0.3, -0.25) is 4.79 Å². The van der Waals surface area contributed by atoms with E-state index in [0.29, 0.717) is 22.8 Å². The lowest BCUT2D eigenvalue weighted by atomic mass is 10.1. The largest absolute Gasteiger partial charge is 0.497 e. The molecular weight excluding hydrogens is 256 g/mol. The molecule has 0 atom stereocenters. The molecule has 0 aliphatic rings. The van der Waals surface area contributed by atoms with Crippen molar-refractivity contribution in [1.29, 1.82) is 0 Å². The molecule has 0 saturated carbocycles. The van der Waals surface area contributed by atoms with Gasteiger partial charge in [0.25, 0.3) is 0 Å². The highest BCUT2D eigenvalue weighted by Gasteiger charge is 2.10. The number of rotatable bonds is 6. The van der Waals surface area contributed by atoms with Crippen LogP contribution in [0.25, 0.3) is 0 Å². The summed E-state index contributed by atoms with van der Waals surface area (Å²) in [6, 6.07) is 14.2. The average Bonchev–Trinajstić information content (AvgIpc) is 2.53. The number of ketones is 1. The van der Waals surface area contributed by atoms with Gasteiger partial charge in [-0.1, -0.05) is 30.3 Å². The molecule has 104 valence electrons. The molecule has 0 aliphatic heterocycles. The summed E-state index contributed by atoms with van der Waals surface area (Å²) in [6.45, 7) is -0.0350. The molecule has 2 aromatic rings. The third-order valence-corrected chi connectivity index (χ3v) is 2.83. The Labute approximate surface area is 117 Å². The summed E-state index contributed by atoms with van der Waals surface area (Å²) in [5, 5.41) is 0. The SMILES string of the molecule is COc1ccc(OCC(=O)c2ccccc2)c(OC)c1. The first-order chi connectivity index (χ1) is 9.74. The number of carbonyl (C=O) groups excluding carboxylic acids is 1. The van der Waals surface area contributed by atoms with Crippen molar-refractivity contribution in [2.45, 2.75) is 0 Å². The van der Waals surface area contributed by atoms with Gasteiger partial charge in [0.2, 0.25) is 0 Å². The molecule has 20 heavy (non-hydrogen) atoms. The van der Waals surface area contributed by atoms with Gasteiger partial charge in [-0.15, -0.1) is 0 Å². The number of carbonyl (C=O) groups is 1. The van der Waals surface area contributed by atoms with Gasteiger partial charge in [-0.05, 0) is 12.1 Å². The van der Waals surface area contributed by atoms with E-state index in [9.17, 15) is 4.79 Å². The lowest BCUT2D eigenvalue weighted by Crippen LogP contribution is -2.11. The standard InChI is InChI=1S/C16H16O4/c1-18-13-8-9-15(16(10-13)19-2)20-11-14(17)12-6-4-3-5-7-12/h3-10H,11H2,1-2H3. The van der Waals surface area contributed by atoms with E-state index in [2.05, 4.69) is 0 Å². The second-order valence-corrected chi connectivity index (χ2v) is 4.09. The van der Waals surface area contributed by atoms with Crippen LogP contribution in [0.1, 0.15) is 10.4 Å². The zero-order valence-electron chi connectivity index (χ0n) is 11.5. The maximum atomic E-state index is 12.0. The fourth-order valence-corrected chi connectivity index (χ4v) is 1.74. The van der Waals surface area contributed by atoms with Crippen LogP contribution in [0.15, 0.2) is 48.5 Å². The lowest BCUT2D eigenvalue weighted by molar-refractivity contribution is 0.0919. The van der Waals surface area contributed by atoms with E-state index in [4.69, 9.17) is 14.2 Å². The van der Waals surface area contributed by atoms with Crippen molar-refractivity contribution in [3.63, 3.8) is 0 Å². The van der Waals surface area contributed by atoms with Crippen LogP contribution >= 0.6 is 0 Å². The van der Waals surface area contributed by atoms with Gasteiger partial charge in [-0.2, -0.15) is 0 Å². The summed E-state index contributed by atoms with van der Waals surface area (Å²) < 4.78 is 15.8. The smallest absolute Gasteiger partial charge is 0.200 e. The van der Waals surface area contributed by atoms with Gasteiger partial charge in [0.15, 0.2) is 23.9 Å². The minimum absolute atomic E-state index is 0.0350. The molecule has 0 bridgehead atoms. The molecule has 4 heteroatoms. The first-order valence-corrected chi connectivity index (χ1v) is 6.17. The fraction of sp³-hybridized carbons (Fsp3) is 0.188. The van der Waals surface area contributed by atoms with Gasteiger partial charge < -0.3 is 14.2 Å². The topological polar surface area (TPSA) is 44.8 Å². The third-order valence-electron chi connectivity index (χ3n) is 2.83. The van der Waals surface area contributed by atoms with E-state index >= 15 is 0 Å². The van der Waals surface area contributed by atoms with Crippen LogP contribution < -0.4 is 14.2 Å². The minimum Gasteiger partial charge on any atom is -0.497 e. The number of hydrogen-bond acceptors (Lipinski definition) is 4. The molecule has 0 amide bonds. The van der Waals surface area contributed by atoms with Crippen LogP contribution in [0.3, 0.4) is 0 Å². The summed E-state index contributed by atoms with van der Waals surface area (Å²) in [5.74, 6) is 1.63. The molecule has 0 N–H and O–H groups in total. The van der Waals surface area contributed by atoms with E-state index in [1.165, 1.54) is 0 Å². The van der Waals surface area contributed by atoms with Gasteiger partial charge >= 0.3 is 0 Å². The Morgan fingerprint density at radius 3 is 2.35 bits per heavy atom. The molecule has 4 nitrogen and oxygen atoms in total. The Balaban J connectivity index is 2.05. The highest BCUT2D eigenvalue weighted by Crippen LogP contribution is 2.31. The Kier molecular flexibility index (Phi) is 4.60. The molecule has 0 radical (unpaired) electrons. The van der Waals surface area contributed by atoms with Crippen molar-refractivity contribution in [3.8, 4) is 17.2 Å². The number of ether oxygens (including phenoxy) is 3. The number of methoxy groups -OCH3 is 2. The van der Waals surface area contributed by atoms with Gasteiger partial charge in [0.05, 0.1) is 14.2 Å². The Hall–Kier alpha value is -2.49. The molecule has 0 spiro atoms. The fourth-order valence-electron chi connectivity index (χ4n) is 1.74. The molecular formula is C16H16O4.